The van der Waals surface area contributed by atoms with Crippen molar-refractivity contribution in [1.82, 2.24) is 0 Å². The van der Waals surface area contributed by atoms with Gasteiger partial charge in [0.1, 0.15) is 6.61 Å². The number of Topliss-reactive ketones (excluding diaryl/α,β-unsaturated/α-hetero) is 1. The average molecular weight is 298 g/mol. The number of rotatable bonds is 14. The summed E-state index contributed by atoms with van der Waals surface area (Å²) in [7, 11) is 0. The first-order chi connectivity index (χ1) is 10.2. The van der Waals surface area contributed by atoms with Crippen LogP contribution in [0, 0.1) is 5.92 Å². The normalized spacial score (nSPS) is 12.1. The summed E-state index contributed by atoms with van der Waals surface area (Å²) in [5.41, 5.74) is 0. The quantitative estimate of drug-likeness (QED) is 0.332. The minimum Gasteiger partial charge on any atom is -0.457 e. The Morgan fingerprint density at radius 3 is 2.05 bits per heavy atom. The van der Waals surface area contributed by atoms with Crippen molar-refractivity contribution in [3.05, 3.63) is 0 Å². The molecule has 0 aliphatic carbocycles. The Bertz CT molecular complexity index is 274. The van der Waals surface area contributed by atoms with Crippen LogP contribution in [-0.2, 0) is 14.3 Å². The van der Waals surface area contributed by atoms with E-state index in [4.69, 9.17) is 4.74 Å². The summed E-state index contributed by atoms with van der Waals surface area (Å²) >= 11 is 0. The van der Waals surface area contributed by atoms with Gasteiger partial charge in [-0.05, 0) is 19.3 Å². The van der Waals surface area contributed by atoms with Crippen LogP contribution < -0.4 is 0 Å². The second-order valence-electron chi connectivity index (χ2n) is 5.94. The number of unbranched alkanes of at least 4 members (excludes halogenated alkanes) is 5. The Balaban J connectivity index is 4.07. The van der Waals surface area contributed by atoms with Crippen LogP contribution in [0.2, 0.25) is 0 Å². The minimum atomic E-state index is -0.162. The first-order valence-corrected chi connectivity index (χ1v) is 8.83. The SMILES string of the molecule is CCCCCCC(CCCC)C(=O)OCC(=O)CCCC. The third kappa shape index (κ3) is 11.5. The molecule has 0 N–H and O–H groups in total. The van der Waals surface area contributed by atoms with Crippen LogP contribution in [0.25, 0.3) is 0 Å². The molecule has 1 atom stereocenters. The third-order valence-corrected chi connectivity index (χ3v) is 3.83. The number of hydrogen-bond donors (Lipinski definition) is 0. The molecule has 21 heavy (non-hydrogen) atoms. The Morgan fingerprint density at radius 1 is 0.810 bits per heavy atom. The van der Waals surface area contributed by atoms with Crippen molar-refractivity contribution in [3.63, 3.8) is 0 Å². The topological polar surface area (TPSA) is 43.4 Å². The van der Waals surface area contributed by atoms with Gasteiger partial charge < -0.3 is 4.74 Å². The molecule has 0 aromatic carbocycles. The predicted octanol–water partition coefficient (Wildman–Crippen LogP) is 5.07. The van der Waals surface area contributed by atoms with Gasteiger partial charge in [-0.1, -0.05) is 65.7 Å². The number of ketones is 1. The van der Waals surface area contributed by atoms with Crippen molar-refractivity contribution >= 4 is 11.8 Å². The molecule has 0 aromatic rings. The van der Waals surface area contributed by atoms with Gasteiger partial charge in [-0.15, -0.1) is 0 Å². The van der Waals surface area contributed by atoms with Crippen LogP contribution in [0.1, 0.15) is 91.4 Å². The van der Waals surface area contributed by atoms with Gasteiger partial charge in [-0.3, -0.25) is 9.59 Å². The predicted molar refractivity (Wildman–Crippen MR) is 87.3 cm³/mol. The summed E-state index contributed by atoms with van der Waals surface area (Å²) in [6.07, 6.45) is 11.0. The highest BCUT2D eigenvalue weighted by atomic mass is 16.5. The van der Waals surface area contributed by atoms with E-state index in [2.05, 4.69) is 20.8 Å². The molecule has 0 spiro atoms. The fourth-order valence-electron chi connectivity index (χ4n) is 2.36. The van der Waals surface area contributed by atoms with Gasteiger partial charge in [0.2, 0.25) is 0 Å². The third-order valence-electron chi connectivity index (χ3n) is 3.83. The van der Waals surface area contributed by atoms with Crippen LogP contribution in [0.3, 0.4) is 0 Å². The van der Waals surface area contributed by atoms with E-state index in [1.807, 2.05) is 0 Å². The zero-order valence-electron chi connectivity index (χ0n) is 14.3. The molecule has 3 heteroatoms. The maximum Gasteiger partial charge on any atom is 0.309 e. The fourth-order valence-corrected chi connectivity index (χ4v) is 2.36. The standard InChI is InChI=1S/C18H34O3/c1-4-7-10-11-13-16(12-8-5-2)18(20)21-15-17(19)14-9-6-3/h16H,4-15H2,1-3H3. The van der Waals surface area contributed by atoms with Crippen LogP contribution in [-0.4, -0.2) is 18.4 Å². The molecule has 0 rings (SSSR count). The average Bonchev–Trinajstić information content (AvgIpc) is 2.49. The second kappa shape index (κ2) is 14.1. The Morgan fingerprint density at radius 2 is 1.43 bits per heavy atom. The molecule has 0 saturated heterocycles. The molecule has 0 aliphatic rings. The van der Waals surface area contributed by atoms with E-state index in [9.17, 15) is 9.59 Å². The maximum absolute atomic E-state index is 12.1. The molecule has 0 amide bonds. The zero-order chi connectivity index (χ0) is 15.9. The first kappa shape index (κ1) is 20.1. The molecular weight excluding hydrogens is 264 g/mol. The number of hydrogen-bond acceptors (Lipinski definition) is 3. The lowest BCUT2D eigenvalue weighted by Crippen LogP contribution is -2.21. The van der Waals surface area contributed by atoms with E-state index >= 15 is 0 Å². The fraction of sp³-hybridized carbons (Fsp3) is 0.889. The molecule has 0 heterocycles. The van der Waals surface area contributed by atoms with Crippen LogP contribution >= 0.6 is 0 Å². The highest BCUT2D eigenvalue weighted by Gasteiger charge is 2.20. The Hall–Kier alpha value is -0.860. The minimum absolute atomic E-state index is 0.0132. The van der Waals surface area contributed by atoms with Crippen molar-refractivity contribution in [2.75, 3.05) is 6.61 Å². The van der Waals surface area contributed by atoms with Crippen LogP contribution in [0.5, 0.6) is 0 Å². The molecule has 0 radical (unpaired) electrons. The van der Waals surface area contributed by atoms with E-state index in [1.54, 1.807) is 0 Å². The number of carbonyl (C=O) groups is 2. The molecule has 0 aromatic heterocycles. The largest absolute Gasteiger partial charge is 0.457 e. The molecule has 0 saturated carbocycles. The van der Waals surface area contributed by atoms with Crippen molar-refractivity contribution in [2.45, 2.75) is 91.4 Å². The molecule has 0 aliphatic heterocycles. The molecule has 1 unspecified atom stereocenters. The summed E-state index contributed by atoms with van der Waals surface area (Å²) in [4.78, 5) is 23.7. The van der Waals surface area contributed by atoms with E-state index in [1.165, 1.54) is 19.3 Å². The Labute approximate surface area is 130 Å². The van der Waals surface area contributed by atoms with E-state index in [0.717, 1.165) is 44.9 Å². The monoisotopic (exact) mass is 298 g/mol. The van der Waals surface area contributed by atoms with Gasteiger partial charge in [0, 0.05) is 6.42 Å². The smallest absolute Gasteiger partial charge is 0.309 e. The van der Waals surface area contributed by atoms with E-state index in [-0.39, 0.29) is 24.3 Å². The molecular formula is C18H34O3. The summed E-state index contributed by atoms with van der Waals surface area (Å²) in [6, 6.07) is 0. The second-order valence-corrected chi connectivity index (χ2v) is 5.94. The van der Waals surface area contributed by atoms with Gasteiger partial charge in [-0.2, -0.15) is 0 Å². The van der Waals surface area contributed by atoms with Gasteiger partial charge in [0.05, 0.1) is 5.92 Å². The summed E-state index contributed by atoms with van der Waals surface area (Å²) < 4.78 is 5.23. The maximum atomic E-state index is 12.1. The van der Waals surface area contributed by atoms with Crippen LogP contribution in [0.4, 0.5) is 0 Å². The molecule has 124 valence electrons. The lowest BCUT2D eigenvalue weighted by atomic mass is 9.95. The van der Waals surface area contributed by atoms with Gasteiger partial charge in [0.25, 0.3) is 0 Å². The van der Waals surface area contributed by atoms with Gasteiger partial charge in [0.15, 0.2) is 5.78 Å². The van der Waals surface area contributed by atoms with Crippen molar-refractivity contribution in [3.8, 4) is 0 Å². The lowest BCUT2D eigenvalue weighted by molar-refractivity contribution is -0.152. The number of ether oxygens (including phenoxy) is 1. The molecule has 3 nitrogen and oxygen atoms in total. The van der Waals surface area contributed by atoms with E-state index < -0.39 is 0 Å². The summed E-state index contributed by atoms with van der Waals surface area (Å²) in [5.74, 6) is -0.129. The highest BCUT2D eigenvalue weighted by Crippen LogP contribution is 2.19. The molecule has 0 bridgehead atoms. The van der Waals surface area contributed by atoms with Gasteiger partial charge >= 0.3 is 5.97 Å². The lowest BCUT2D eigenvalue weighted by Gasteiger charge is -2.15. The summed E-state index contributed by atoms with van der Waals surface area (Å²) in [6.45, 7) is 6.34. The van der Waals surface area contributed by atoms with Gasteiger partial charge in [-0.25, -0.2) is 0 Å². The van der Waals surface area contributed by atoms with Crippen molar-refractivity contribution in [2.24, 2.45) is 5.92 Å². The van der Waals surface area contributed by atoms with E-state index in [0.29, 0.717) is 6.42 Å². The first-order valence-electron chi connectivity index (χ1n) is 8.83. The van der Waals surface area contributed by atoms with Crippen molar-refractivity contribution in [1.29, 1.82) is 0 Å². The molecule has 0 fully saturated rings. The number of esters is 1. The summed E-state index contributed by atoms with van der Waals surface area (Å²) in [5, 5.41) is 0. The van der Waals surface area contributed by atoms with Crippen molar-refractivity contribution < 1.29 is 14.3 Å². The Kier molecular flexibility index (Phi) is 13.5. The van der Waals surface area contributed by atoms with Crippen LogP contribution in [0.15, 0.2) is 0 Å². The zero-order valence-corrected chi connectivity index (χ0v) is 14.3. The highest BCUT2D eigenvalue weighted by molar-refractivity contribution is 5.82. The number of carbonyl (C=O) groups excluding carboxylic acids is 2.